The van der Waals surface area contributed by atoms with Crippen LogP contribution in [0.25, 0.3) is 0 Å². The number of aryl methyl sites for hydroxylation is 1. The van der Waals surface area contributed by atoms with E-state index in [1.54, 1.807) is 19.1 Å². The van der Waals surface area contributed by atoms with Gasteiger partial charge in [-0.1, -0.05) is 36.4 Å². The molecule has 1 saturated heterocycles. The molecule has 0 spiro atoms. The van der Waals surface area contributed by atoms with Crippen LogP contribution in [-0.2, 0) is 16.6 Å². The van der Waals surface area contributed by atoms with E-state index in [2.05, 4.69) is 15.4 Å². The highest BCUT2D eigenvalue weighted by Gasteiger charge is 2.21. The summed E-state index contributed by atoms with van der Waals surface area (Å²) in [5, 5.41) is 6.01. The smallest absolute Gasteiger partial charge is 0.251 e. The number of halogens is 1. The molecule has 1 fully saturated rings. The van der Waals surface area contributed by atoms with Gasteiger partial charge in [0, 0.05) is 37.7 Å². The number of rotatable bonds is 7. The summed E-state index contributed by atoms with van der Waals surface area (Å²) in [7, 11) is -3.71. The minimum atomic E-state index is -3.71. The Hall–Kier alpha value is -1.93. The lowest BCUT2D eigenvalue weighted by Crippen LogP contribution is -2.48. The van der Waals surface area contributed by atoms with Gasteiger partial charge in [0.25, 0.3) is 5.91 Å². The Morgan fingerprint density at radius 1 is 1.15 bits per heavy atom. The number of carbonyl (C=O) groups excluding carboxylic acids is 1. The van der Waals surface area contributed by atoms with E-state index in [9.17, 15) is 13.2 Å². The van der Waals surface area contributed by atoms with Crippen LogP contribution in [0.1, 0.15) is 21.5 Å². The molecule has 0 atom stereocenters. The third kappa shape index (κ3) is 5.52. The highest BCUT2D eigenvalue weighted by molar-refractivity contribution is 7.89. The summed E-state index contributed by atoms with van der Waals surface area (Å²) < 4.78 is 27.9. The SMILES string of the molecule is Cc1ccc(C(=O)NCC2CNC2)cc1S(=O)(=O)NCc1ccccc1.Cl. The van der Waals surface area contributed by atoms with E-state index in [0.29, 0.717) is 23.6 Å². The molecule has 3 N–H and O–H groups in total. The molecule has 3 rings (SSSR count). The van der Waals surface area contributed by atoms with Crippen LogP contribution in [0.15, 0.2) is 53.4 Å². The fourth-order valence-corrected chi connectivity index (χ4v) is 4.00. The van der Waals surface area contributed by atoms with Crippen LogP contribution in [-0.4, -0.2) is 34.0 Å². The van der Waals surface area contributed by atoms with Gasteiger partial charge in [0.1, 0.15) is 0 Å². The van der Waals surface area contributed by atoms with Crippen molar-refractivity contribution >= 4 is 28.3 Å². The molecule has 1 heterocycles. The minimum Gasteiger partial charge on any atom is -0.352 e. The van der Waals surface area contributed by atoms with Gasteiger partial charge in [0.05, 0.1) is 4.90 Å². The maximum Gasteiger partial charge on any atom is 0.251 e. The standard InChI is InChI=1S/C19H23N3O3S.ClH/c1-14-7-8-17(19(23)21-12-16-10-20-11-16)9-18(14)26(24,25)22-13-15-5-3-2-4-6-15;/h2-9,16,20,22H,10-13H2,1H3,(H,21,23);1H. The van der Waals surface area contributed by atoms with Gasteiger partial charge in [0.15, 0.2) is 0 Å². The first kappa shape index (κ1) is 21.4. The van der Waals surface area contributed by atoms with Crippen molar-refractivity contribution < 1.29 is 13.2 Å². The van der Waals surface area contributed by atoms with E-state index in [1.165, 1.54) is 6.07 Å². The monoisotopic (exact) mass is 409 g/mol. The molecule has 6 nitrogen and oxygen atoms in total. The fourth-order valence-electron chi connectivity index (χ4n) is 2.71. The lowest BCUT2D eigenvalue weighted by molar-refractivity contribution is 0.0942. The predicted molar refractivity (Wildman–Crippen MR) is 108 cm³/mol. The van der Waals surface area contributed by atoms with E-state index >= 15 is 0 Å². The molecule has 0 unspecified atom stereocenters. The Balaban J connectivity index is 0.00000261. The zero-order chi connectivity index (χ0) is 18.6. The van der Waals surface area contributed by atoms with Gasteiger partial charge in [-0.25, -0.2) is 13.1 Å². The Kier molecular flexibility index (Phi) is 7.38. The van der Waals surface area contributed by atoms with E-state index in [-0.39, 0.29) is 29.8 Å². The minimum absolute atomic E-state index is 0. The Bertz CT molecular complexity index is 884. The van der Waals surface area contributed by atoms with Crippen LogP contribution in [0.3, 0.4) is 0 Å². The van der Waals surface area contributed by atoms with Crippen LogP contribution in [0.4, 0.5) is 0 Å². The van der Waals surface area contributed by atoms with Crippen molar-refractivity contribution in [3.05, 3.63) is 65.2 Å². The molecule has 0 radical (unpaired) electrons. The molecule has 2 aromatic carbocycles. The summed E-state index contributed by atoms with van der Waals surface area (Å²) in [6.45, 7) is 4.31. The number of hydrogen-bond donors (Lipinski definition) is 3. The molecule has 0 bridgehead atoms. The van der Waals surface area contributed by atoms with Crippen molar-refractivity contribution in [2.75, 3.05) is 19.6 Å². The van der Waals surface area contributed by atoms with Crippen molar-refractivity contribution in [2.45, 2.75) is 18.4 Å². The molecule has 0 aromatic heterocycles. The highest BCUT2D eigenvalue weighted by Crippen LogP contribution is 2.18. The summed E-state index contributed by atoms with van der Waals surface area (Å²) in [6.07, 6.45) is 0. The number of carbonyl (C=O) groups is 1. The number of nitrogens with one attached hydrogen (secondary N) is 3. The van der Waals surface area contributed by atoms with E-state index in [0.717, 1.165) is 18.7 Å². The third-order valence-electron chi connectivity index (χ3n) is 4.47. The van der Waals surface area contributed by atoms with E-state index < -0.39 is 10.0 Å². The van der Waals surface area contributed by atoms with Crippen LogP contribution >= 0.6 is 12.4 Å². The molecule has 1 aliphatic rings. The number of hydrogen-bond acceptors (Lipinski definition) is 4. The summed E-state index contributed by atoms with van der Waals surface area (Å²) in [5.74, 6) is 0.191. The average Bonchev–Trinajstić information content (AvgIpc) is 2.60. The fraction of sp³-hybridized carbons (Fsp3) is 0.316. The summed E-state index contributed by atoms with van der Waals surface area (Å²) in [6, 6.07) is 14.1. The van der Waals surface area contributed by atoms with Crippen LogP contribution < -0.4 is 15.4 Å². The molecular weight excluding hydrogens is 386 g/mol. The predicted octanol–water partition coefficient (Wildman–Crippen LogP) is 1.84. The Labute approximate surface area is 166 Å². The first-order valence-corrected chi connectivity index (χ1v) is 10.1. The Morgan fingerprint density at radius 2 is 1.85 bits per heavy atom. The van der Waals surface area contributed by atoms with Gasteiger partial charge in [0.2, 0.25) is 10.0 Å². The van der Waals surface area contributed by atoms with Crippen molar-refractivity contribution in [3.63, 3.8) is 0 Å². The highest BCUT2D eigenvalue weighted by atomic mass is 35.5. The van der Waals surface area contributed by atoms with Crippen LogP contribution in [0.2, 0.25) is 0 Å². The van der Waals surface area contributed by atoms with Crippen LogP contribution in [0, 0.1) is 12.8 Å². The molecule has 1 aliphatic heterocycles. The summed E-state index contributed by atoms with van der Waals surface area (Å²) in [4.78, 5) is 12.4. The maximum atomic E-state index is 12.7. The molecule has 0 aliphatic carbocycles. The largest absolute Gasteiger partial charge is 0.352 e. The summed E-state index contributed by atoms with van der Waals surface area (Å²) in [5.41, 5.74) is 1.82. The number of sulfonamides is 1. The third-order valence-corrected chi connectivity index (χ3v) is 6.01. The summed E-state index contributed by atoms with van der Waals surface area (Å²) >= 11 is 0. The Morgan fingerprint density at radius 3 is 2.48 bits per heavy atom. The zero-order valence-corrected chi connectivity index (χ0v) is 16.7. The lowest BCUT2D eigenvalue weighted by atomic mass is 10.0. The van der Waals surface area contributed by atoms with Gasteiger partial charge in [-0.3, -0.25) is 4.79 Å². The number of amides is 1. The molecule has 1 amide bonds. The molecule has 27 heavy (non-hydrogen) atoms. The van der Waals surface area contributed by atoms with E-state index in [1.807, 2.05) is 30.3 Å². The van der Waals surface area contributed by atoms with Crippen LogP contribution in [0.5, 0.6) is 0 Å². The second kappa shape index (κ2) is 9.32. The lowest BCUT2D eigenvalue weighted by Gasteiger charge is -2.27. The normalized spacial score (nSPS) is 14.1. The van der Waals surface area contributed by atoms with Crippen molar-refractivity contribution in [1.29, 1.82) is 0 Å². The molecule has 8 heteroatoms. The quantitative estimate of drug-likeness (QED) is 0.651. The molecule has 146 valence electrons. The van der Waals surface area contributed by atoms with Crippen molar-refractivity contribution in [1.82, 2.24) is 15.4 Å². The van der Waals surface area contributed by atoms with Crippen molar-refractivity contribution in [2.24, 2.45) is 5.92 Å². The van der Waals surface area contributed by atoms with Crippen molar-refractivity contribution in [3.8, 4) is 0 Å². The van der Waals surface area contributed by atoms with Gasteiger partial charge in [-0.15, -0.1) is 12.4 Å². The van der Waals surface area contributed by atoms with Gasteiger partial charge >= 0.3 is 0 Å². The topological polar surface area (TPSA) is 87.3 Å². The molecule has 0 saturated carbocycles. The van der Waals surface area contributed by atoms with Gasteiger partial charge in [-0.2, -0.15) is 0 Å². The molecular formula is C19H24ClN3O3S. The first-order valence-electron chi connectivity index (χ1n) is 8.59. The van der Waals surface area contributed by atoms with Gasteiger partial charge < -0.3 is 10.6 Å². The molecule has 2 aromatic rings. The van der Waals surface area contributed by atoms with E-state index in [4.69, 9.17) is 0 Å². The first-order chi connectivity index (χ1) is 12.5. The second-order valence-electron chi connectivity index (χ2n) is 6.52. The van der Waals surface area contributed by atoms with Gasteiger partial charge in [-0.05, 0) is 30.2 Å². The second-order valence-corrected chi connectivity index (χ2v) is 8.26. The number of benzene rings is 2. The maximum absolute atomic E-state index is 12.7. The zero-order valence-electron chi connectivity index (χ0n) is 15.1. The average molecular weight is 410 g/mol.